The normalized spacial score (nSPS) is 13.0. The van der Waals surface area contributed by atoms with E-state index in [0.717, 1.165) is 57.1 Å². The summed E-state index contributed by atoms with van der Waals surface area (Å²) in [5, 5.41) is 4.68. The Bertz CT molecular complexity index is 2900. The Morgan fingerprint density at radius 1 is 0.750 bits per heavy atom. The Labute approximate surface area is 347 Å². The average molecular weight is 706 g/mol. The fourth-order valence-corrected chi connectivity index (χ4v) is 9.03. The maximum absolute atomic E-state index is 6.71. The van der Waals surface area contributed by atoms with Crippen LogP contribution >= 0.6 is 0 Å². The molecule has 0 aliphatic carbocycles. The standard InChI is InChI=1S/C40H46B14N2/c1-4-16-24(33(47)38(52)34(48)25(16)31(45)18(43)14-41)27-28-26(35(49)39(53)40(54)36(28)50)23(29(32(27)46)37(51)30(44)15(3)42)17-10-6-8-12-20(17)56-21-13-9-7-11-19(21)55-22(56)5-2/h1,6-13,46H,5,14,41-45,47-54H2,2-3H3/b30-15-,31-18-,37-29+. The van der Waals surface area contributed by atoms with Gasteiger partial charge in [-0.05, 0) is 0 Å². The van der Waals surface area contributed by atoms with Crippen molar-refractivity contribution in [3.05, 3.63) is 92.2 Å². The Kier molecular flexibility index (Phi) is 11.7. The van der Waals surface area contributed by atoms with Crippen molar-refractivity contribution in [3.63, 3.8) is 0 Å². The van der Waals surface area contributed by atoms with E-state index in [1.54, 1.807) is 0 Å². The third-order valence-electron chi connectivity index (χ3n) is 13.4. The van der Waals surface area contributed by atoms with Crippen molar-refractivity contribution < 1.29 is 0 Å². The number of terminal acetylenes is 1. The van der Waals surface area contributed by atoms with Crippen molar-refractivity contribution in [2.75, 3.05) is 0 Å². The van der Waals surface area contributed by atoms with E-state index >= 15 is 0 Å². The van der Waals surface area contributed by atoms with Crippen molar-refractivity contribution in [1.82, 2.24) is 9.55 Å². The number of para-hydroxylation sites is 3. The summed E-state index contributed by atoms with van der Waals surface area (Å²) in [6.07, 6.45) is 8.49. The number of hydrogen-bond acceptors (Lipinski definition) is 1. The molecule has 0 fully saturated rings. The molecule has 0 saturated heterocycles. The van der Waals surface area contributed by atoms with Crippen LogP contribution in [0.25, 0.3) is 60.7 Å². The van der Waals surface area contributed by atoms with Crippen LogP contribution < -0.4 is 43.5 Å². The number of fused-ring (bicyclic) bond motifs is 2. The minimum atomic E-state index is 0.809. The molecule has 0 N–H and O–H groups in total. The molecule has 0 spiro atoms. The van der Waals surface area contributed by atoms with Crippen LogP contribution in [0, 0.1) is 17.5 Å². The van der Waals surface area contributed by atoms with E-state index in [4.69, 9.17) is 18.9 Å². The van der Waals surface area contributed by atoms with Crippen LogP contribution in [0.15, 0.2) is 64.9 Å². The van der Waals surface area contributed by atoms with E-state index in [2.05, 4.69) is 175 Å². The van der Waals surface area contributed by atoms with Gasteiger partial charge in [0.15, 0.2) is 0 Å². The molecule has 6 rings (SSSR count). The van der Waals surface area contributed by atoms with Gasteiger partial charge in [-0.25, -0.2) is 0 Å². The van der Waals surface area contributed by atoms with Crippen LogP contribution in [0.4, 0.5) is 0 Å². The quantitative estimate of drug-likeness (QED) is 0.119. The second kappa shape index (κ2) is 15.9. The van der Waals surface area contributed by atoms with Gasteiger partial charge in [0.2, 0.25) is 0 Å². The van der Waals surface area contributed by atoms with Gasteiger partial charge in [-0.3, -0.25) is 0 Å². The molecule has 0 amide bonds. The maximum atomic E-state index is 6.71. The Balaban J connectivity index is 2.02. The number of aryl methyl sites for hydroxylation is 1. The first-order valence-electron chi connectivity index (χ1n) is 20.3. The molecule has 0 unspecified atom stereocenters. The zero-order valence-corrected chi connectivity index (χ0v) is 36.7. The summed E-state index contributed by atoms with van der Waals surface area (Å²) >= 11 is 0. The van der Waals surface area contributed by atoms with Gasteiger partial charge in [-0.15, -0.1) is 0 Å². The topological polar surface area (TPSA) is 17.8 Å². The van der Waals surface area contributed by atoms with Gasteiger partial charge in [0, 0.05) is 0 Å². The van der Waals surface area contributed by atoms with Crippen molar-refractivity contribution in [2.45, 2.75) is 26.6 Å². The molecule has 0 radical (unpaired) electrons. The van der Waals surface area contributed by atoms with Gasteiger partial charge in [0.1, 0.15) is 0 Å². The number of aromatic nitrogens is 2. The Morgan fingerprint density at radius 3 is 1.91 bits per heavy atom. The second-order valence-electron chi connectivity index (χ2n) is 16.2. The molecule has 2 nitrogen and oxygen atoms in total. The molecule has 5 aromatic carbocycles. The van der Waals surface area contributed by atoms with Crippen LogP contribution in [0.5, 0.6) is 0 Å². The van der Waals surface area contributed by atoms with Crippen molar-refractivity contribution in [3.8, 4) is 40.3 Å². The first kappa shape index (κ1) is 41.3. The summed E-state index contributed by atoms with van der Waals surface area (Å²) in [7, 11) is 34.6. The van der Waals surface area contributed by atoms with Gasteiger partial charge < -0.3 is 0 Å². The molecule has 1 heterocycles. The fraction of sp³-hybridized carbons (Fsp3) is 0.100. The number of rotatable bonds is 7. The molecular weight excluding hydrogens is 660 g/mol. The predicted molar refractivity (Wildman–Crippen MR) is 289 cm³/mol. The molecule has 258 valence electrons. The zero-order chi connectivity index (χ0) is 41.1. The van der Waals surface area contributed by atoms with E-state index in [1.807, 2.05) is 0 Å². The van der Waals surface area contributed by atoms with Crippen LogP contribution in [0.2, 0.25) is 6.32 Å². The SMILES string of the molecule is B=c1c(-c2c(B)c(B)c(B)c(/C(B)=C(/B)CB)c2C#C)c2c(B)c(B)c(B)c(B)c2c(-c2ccccc2-n2c(CC)nc3ccccc32)/c1=C(B)/C(B)=C(/B)C. The first-order valence-corrected chi connectivity index (χ1v) is 20.3. The van der Waals surface area contributed by atoms with Crippen molar-refractivity contribution >= 4 is 180 Å². The van der Waals surface area contributed by atoms with Gasteiger partial charge in [-0.2, -0.15) is 0 Å². The minimum absolute atomic E-state index is 0.809. The molecule has 1 aromatic heterocycles. The van der Waals surface area contributed by atoms with Gasteiger partial charge in [0.05, 0.1) is 0 Å². The van der Waals surface area contributed by atoms with E-state index < -0.39 is 0 Å². The number of allylic oxidation sites excluding steroid dienone is 3. The third kappa shape index (κ3) is 6.39. The van der Waals surface area contributed by atoms with E-state index in [1.165, 1.54) is 98.3 Å². The molecule has 0 atom stereocenters. The van der Waals surface area contributed by atoms with E-state index in [-0.39, 0.29) is 0 Å². The predicted octanol–water partition coefficient (Wildman–Crippen LogP) is -9.76. The number of benzene rings is 5. The monoisotopic (exact) mass is 708 g/mol. The zero-order valence-electron chi connectivity index (χ0n) is 36.7. The second-order valence-corrected chi connectivity index (χ2v) is 16.2. The summed E-state index contributed by atoms with van der Waals surface area (Å²) in [6, 6.07) is 17.4. The van der Waals surface area contributed by atoms with Gasteiger partial charge >= 0.3 is 349 Å². The molecule has 0 saturated carbocycles. The summed E-state index contributed by atoms with van der Waals surface area (Å²) in [5.74, 6) is 4.33. The number of imidazole rings is 1. The summed E-state index contributed by atoms with van der Waals surface area (Å²) in [6.45, 7) is 4.41. The summed E-state index contributed by atoms with van der Waals surface area (Å²) in [5.41, 5.74) is 25.4. The molecule has 0 bridgehead atoms. The van der Waals surface area contributed by atoms with Crippen molar-refractivity contribution in [2.24, 2.45) is 0 Å². The van der Waals surface area contributed by atoms with E-state index in [9.17, 15) is 0 Å². The fourth-order valence-electron chi connectivity index (χ4n) is 9.03. The van der Waals surface area contributed by atoms with Crippen LogP contribution in [0.1, 0.15) is 30.8 Å². The van der Waals surface area contributed by atoms with Crippen LogP contribution in [-0.4, -0.2) is 119 Å². The Hall–Kier alpha value is -4.35. The van der Waals surface area contributed by atoms with Crippen LogP contribution in [-0.2, 0) is 6.42 Å². The summed E-state index contributed by atoms with van der Waals surface area (Å²) in [4.78, 5) is 5.14. The van der Waals surface area contributed by atoms with Crippen LogP contribution in [0.3, 0.4) is 0 Å². The van der Waals surface area contributed by atoms with Crippen molar-refractivity contribution in [1.29, 1.82) is 0 Å². The Morgan fingerprint density at radius 2 is 1.32 bits per heavy atom. The third-order valence-corrected chi connectivity index (χ3v) is 13.4. The molecule has 6 aromatic rings. The molecule has 56 heavy (non-hydrogen) atoms. The molecule has 16 heteroatoms. The number of nitrogens with zero attached hydrogens (tertiary/aromatic N) is 2. The van der Waals surface area contributed by atoms with E-state index in [0.29, 0.717) is 0 Å². The van der Waals surface area contributed by atoms with Gasteiger partial charge in [-0.1, -0.05) is 0 Å². The molecular formula is C40H46B14N2. The molecule has 0 aliphatic heterocycles. The first-order chi connectivity index (χ1) is 26.5. The molecule has 0 aliphatic rings. The number of hydrogen-bond donors (Lipinski definition) is 0. The summed E-state index contributed by atoms with van der Waals surface area (Å²) < 4.78 is 2.38. The average Bonchev–Trinajstić information content (AvgIpc) is 3.58. The van der Waals surface area contributed by atoms with Gasteiger partial charge in [0.25, 0.3) is 0 Å².